The number of carbonyl (C=O) groups is 2. The summed E-state index contributed by atoms with van der Waals surface area (Å²) in [5.74, 6) is 1.09. The monoisotopic (exact) mass is 388 g/mol. The smallest absolute Gasteiger partial charge is 0.332 e. The van der Waals surface area contributed by atoms with Crippen LogP contribution in [-0.4, -0.2) is 25.7 Å². The topological polar surface area (TPSA) is 67.9 Å². The van der Waals surface area contributed by atoms with Crippen molar-refractivity contribution in [1.29, 1.82) is 0 Å². The van der Waals surface area contributed by atoms with E-state index < -0.39 is 6.03 Å². The maximum Gasteiger partial charge on any atom is 0.332 e. The van der Waals surface area contributed by atoms with Crippen molar-refractivity contribution in [3.05, 3.63) is 46.5 Å². The molecule has 142 valence electrons. The van der Waals surface area contributed by atoms with Gasteiger partial charge in [-0.1, -0.05) is 31.5 Å². The Kier molecular flexibility index (Phi) is 5.86. The van der Waals surface area contributed by atoms with E-state index in [1.807, 2.05) is 26.0 Å². The van der Waals surface area contributed by atoms with Gasteiger partial charge in [0.1, 0.15) is 13.2 Å². The molecule has 3 rings (SSSR count). The van der Waals surface area contributed by atoms with Crippen LogP contribution in [0.5, 0.6) is 11.5 Å². The number of hydrogen-bond acceptors (Lipinski definition) is 4. The second-order valence-corrected chi connectivity index (χ2v) is 6.41. The standard InChI is InChI=1S/C20H21ClN2O4/c1-3-13-5-7-16(21)15(4-2)19(13)22-20(25)23(12-24)14-6-8-17-18(11-14)27-10-9-26-17/h5-8,11-12H,3-4,9-10H2,1-2H3,(H,22,25). The Hall–Kier alpha value is -2.73. The van der Waals surface area contributed by atoms with Crippen LogP contribution in [0.3, 0.4) is 0 Å². The summed E-state index contributed by atoms with van der Waals surface area (Å²) in [5.41, 5.74) is 2.85. The third kappa shape index (κ3) is 3.85. The van der Waals surface area contributed by atoms with Crippen LogP contribution in [-0.2, 0) is 17.6 Å². The van der Waals surface area contributed by atoms with Gasteiger partial charge in [0.2, 0.25) is 6.41 Å². The summed E-state index contributed by atoms with van der Waals surface area (Å²) < 4.78 is 11.0. The maximum atomic E-state index is 12.8. The molecule has 0 atom stereocenters. The fourth-order valence-corrected chi connectivity index (χ4v) is 3.33. The number of rotatable bonds is 5. The van der Waals surface area contributed by atoms with Gasteiger partial charge in [-0.05, 0) is 42.2 Å². The Morgan fingerprint density at radius 2 is 1.89 bits per heavy atom. The molecule has 0 aromatic heterocycles. The van der Waals surface area contributed by atoms with Crippen LogP contribution in [0, 0.1) is 0 Å². The van der Waals surface area contributed by atoms with Gasteiger partial charge < -0.3 is 14.8 Å². The Morgan fingerprint density at radius 1 is 1.15 bits per heavy atom. The number of nitrogens with one attached hydrogen (secondary N) is 1. The van der Waals surface area contributed by atoms with Crippen molar-refractivity contribution < 1.29 is 19.1 Å². The molecular weight excluding hydrogens is 368 g/mol. The lowest BCUT2D eigenvalue weighted by molar-refractivity contribution is -0.106. The van der Waals surface area contributed by atoms with E-state index in [1.54, 1.807) is 18.2 Å². The van der Waals surface area contributed by atoms with E-state index in [4.69, 9.17) is 21.1 Å². The van der Waals surface area contributed by atoms with Crippen LogP contribution in [0.15, 0.2) is 30.3 Å². The van der Waals surface area contributed by atoms with Crippen molar-refractivity contribution in [2.45, 2.75) is 26.7 Å². The van der Waals surface area contributed by atoms with Crippen molar-refractivity contribution in [1.82, 2.24) is 0 Å². The van der Waals surface area contributed by atoms with Crippen molar-refractivity contribution in [3.63, 3.8) is 0 Å². The molecule has 7 heteroatoms. The molecule has 1 heterocycles. The lowest BCUT2D eigenvalue weighted by atomic mass is 10.0. The minimum absolute atomic E-state index is 0.393. The number of benzene rings is 2. The van der Waals surface area contributed by atoms with Crippen LogP contribution >= 0.6 is 11.6 Å². The number of aryl methyl sites for hydroxylation is 1. The first-order chi connectivity index (χ1) is 13.1. The Bertz CT molecular complexity index is 869. The van der Waals surface area contributed by atoms with Crippen LogP contribution in [0.1, 0.15) is 25.0 Å². The van der Waals surface area contributed by atoms with E-state index in [1.165, 1.54) is 0 Å². The minimum Gasteiger partial charge on any atom is -0.486 e. The van der Waals surface area contributed by atoms with Gasteiger partial charge in [-0.15, -0.1) is 0 Å². The summed E-state index contributed by atoms with van der Waals surface area (Å²) in [5, 5.41) is 3.44. The lowest BCUT2D eigenvalue weighted by Gasteiger charge is -2.23. The van der Waals surface area contributed by atoms with Gasteiger partial charge >= 0.3 is 6.03 Å². The van der Waals surface area contributed by atoms with E-state index in [2.05, 4.69) is 5.32 Å². The molecule has 0 fully saturated rings. The van der Waals surface area contributed by atoms with Gasteiger partial charge in [0.05, 0.1) is 11.4 Å². The molecule has 0 radical (unpaired) electrons. The zero-order chi connectivity index (χ0) is 19.4. The summed E-state index contributed by atoms with van der Waals surface area (Å²) in [7, 11) is 0. The quantitative estimate of drug-likeness (QED) is 0.769. The third-order valence-corrected chi connectivity index (χ3v) is 4.79. The fourth-order valence-electron chi connectivity index (χ4n) is 3.04. The second kappa shape index (κ2) is 8.31. The lowest BCUT2D eigenvalue weighted by Crippen LogP contribution is -2.34. The van der Waals surface area contributed by atoms with Crippen LogP contribution in [0.4, 0.5) is 16.2 Å². The Balaban J connectivity index is 1.91. The SMILES string of the molecule is CCc1ccc(Cl)c(CC)c1NC(=O)N(C=O)c1ccc2c(c1)OCCO2. The van der Waals surface area contributed by atoms with Crippen molar-refractivity contribution in [3.8, 4) is 11.5 Å². The number of ether oxygens (including phenoxy) is 2. The molecule has 0 unspecified atom stereocenters. The highest BCUT2D eigenvalue weighted by atomic mass is 35.5. The highest BCUT2D eigenvalue weighted by Crippen LogP contribution is 2.34. The average molecular weight is 389 g/mol. The van der Waals surface area contributed by atoms with E-state index in [9.17, 15) is 9.59 Å². The molecule has 0 bridgehead atoms. The van der Waals surface area contributed by atoms with Crippen LogP contribution < -0.4 is 19.7 Å². The summed E-state index contributed by atoms with van der Waals surface area (Å²) >= 11 is 6.29. The number of hydrogen-bond donors (Lipinski definition) is 1. The van der Waals surface area contributed by atoms with Gasteiger partial charge in [-0.2, -0.15) is 0 Å². The number of halogens is 1. The maximum absolute atomic E-state index is 12.8. The predicted molar refractivity (Wildman–Crippen MR) is 105 cm³/mol. The van der Waals surface area contributed by atoms with Crippen molar-refractivity contribution in [2.24, 2.45) is 0 Å². The van der Waals surface area contributed by atoms with E-state index in [0.717, 1.165) is 22.4 Å². The van der Waals surface area contributed by atoms with E-state index in [0.29, 0.717) is 53.9 Å². The van der Waals surface area contributed by atoms with Crippen LogP contribution in [0.2, 0.25) is 5.02 Å². The molecule has 1 aliphatic rings. The van der Waals surface area contributed by atoms with Gasteiger partial charge in [0, 0.05) is 11.1 Å². The number of imide groups is 1. The van der Waals surface area contributed by atoms with Gasteiger partial charge in [0.15, 0.2) is 11.5 Å². The predicted octanol–water partition coefficient (Wildman–Crippen LogP) is 4.43. The second-order valence-electron chi connectivity index (χ2n) is 6.00. The number of urea groups is 1. The summed E-state index contributed by atoms with van der Waals surface area (Å²) in [6, 6.07) is 8.08. The van der Waals surface area contributed by atoms with Crippen LogP contribution in [0.25, 0.3) is 0 Å². The first-order valence-electron chi connectivity index (χ1n) is 8.84. The summed E-state index contributed by atoms with van der Waals surface area (Å²) in [6.07, 6.45) is 1.86. The minimum atomic E-state index is -0.562. The Morgan fingerprint density at radius 3 is 2.56 bits per heavy atom. The first-order valence-corrected chi connectivity index (χ1v) is 9.22. The molecule has 0 aliphatic carbocycles. The van der Waals surface area contributed by atoms with Gasteiger partial charge in [-0.25, -0.2) is 9.69 Å². The zero-order valence-corrected chi connectivity index (χ0v) is 16.0. The molecule has 0 saturated carbocycles. The highest BCUT2D eigenvalue weighted by molar-refractivity contribution is 6.32. The van der Waals surface area contributed by atoms with E-state index >= 15 is 0 Å². The molecule has 1 N–H and O–H groups in total. The summed E-state index contributed by atoms with van der Waals surface area (Å²) in [4.78, 5) is 25.5. The largest absolute Gasteiger partial charge is 0.486 e. The molecule has 2 aromatic rings. The molecule has 3 amide bonds. The Labute approximate surface area is 163 Å². The zero-order valence-electron chi connectivity index (χ0n) is 15.3. The highest BCUT2D eigenvalue weighted by Gasteiger charge is 2.21. The van der Waals surface area contributed by atoms with E-state index in [-0.39, 0.29) is 0 Å². The van der Waals surface area contributed by atoms with Crippen molar-refractivity contribution >= 4 is 35.4 Å². The number of fused-ring (bicyclic) bond motifs is 1. The van der Waals surface area contributed by atoms with Gasteiger partial charge in [-0.3, -0.25) is 4.79 Å². The number of nitrogens with zero attached hydrogens (tertiary/aromatic N) is 1. The molecule has 6 nitrogen and oxygen atoms in total. The number of anilines is 2. The molecule has 2 aromatic carbocycles. The molecule has 0 saturated heterocycles. The third-order valence-electron chi connectivity index (χ3n) is 4.44. The normalized spacial score (nSPS) is 12.4. The molecule has 1 aliphatic heterocycles. The first kappa shape index (κ1) is 19.0. The average Bonchev–Trinajstić information content (AvgIpc) is 2.69. The van der Waals surface area contributed by atoms with Gasteiger partial charge in [0.25, 0.3) is 0 Å². The molecule has 0 spiro atoms. The van der Waals surface area contributed by atoms with Crippen molar-refractivity contribution in [2.75, 3.05) is 23.4 Å². The summed E-state index contributed by atoms with van der Waals surface area (Å²) in [6.45, 7) is 4.86. The molecular formula is C20H21ClN2O4. The number of amides is 3. The molecule has 27 heavy (non-hydrogen) atoms. The number of carbonyl (C=O) groups excluding carboxylic acids is 2. The fraction of sp³-hybridized carbons (Fsp3) is 0.300.